The van der Waals surface area contributed by atoms with Gasteiger partial charge in [0.05, 0.1) is 19.8 Å². The van der Waals surface area contributed by atoms with Crippen LogP contribution in [0.5, 0.6) is 0 Å². The summed E-state index contributed by atoms with van der Waals surface area (Å²) >= 11 is 1.78. The predicted molar refractivity (Wildman–Crippen MR) is 77.1 cm³/mol. The first-order valence-corrected chi connectivity index (χ1v) is 7.46. The van der Waals surface area contributed by atoms with E-state index < -0.39 is 0 Å². The molecule has 0 aliphatic heterocycles. The summed E-state index contributed by atoms with van der Waals surface area (Å²) in [6.07, 6.45) is 1.17. The fourth-order valence-corrected chi connectivity index (χ4v) is 2.26. The molecule has 0 fully saturated rings. The quantitative estimate of drug-likeness (QED) is 0.505. The molecule has 0 unspecified atom stereocenters. The predicted octanol–water partition coefficient (Wildman–Crippen LogP) is 2.29. The number of benzene rings is 1. The zero-order valence-corrected chi connectivity index (χ0v) is 11.8. The zero-order valence-electron chi connectivity index (χ0n) is 11.0. The van der Waals surface area contributed by atoms with Crippen LogP contribution in [0.4, 0.5) is 0 Å². The van der Waals surface area contributed by atoms with E-state index >= 15 is 0 Å². The molecule has 4 heteroatoms. The number of rotatable bonds is 10. The van der Waals surface area contributed by atoms with Crippen LogP contribution in [-0.2, 0) is 11.3 Å². The SMILES string of the molecule is CCCNCc1ccc(SCCOCCO)cc1. The van der Waals surface area contributed by atoms with E-state index in [1.54, 1.807) is 11.8 Å². The summed E-state index contributed by atoms with van der Waals surface area (Å²) < 4.78 is 5.21. The molecule has 0 radical (unpaired) electrons. The molecular weight excluding hydrogens is 246 g/mol. The molecule has 0 atom stereocenters. The third-order valence-corrected chi connectivity index (χ3v) is 3.39. The molecule has 0 aromatic heterocycles. The van der Waals surface area contributed by atoms with Crippen molar-refractivity contribution in [2.45, 2.75) is 24.8 Å². The first-order valence-electron chi connectivity index (χ1n) is 6.48. The largest absolute Gasteiger partial charge is 0.394 e. The highest BCUT2D eigenvalue weighted by Gasteiger charge is 1.96. The van der Waals surface area contributed by atoms with Crippen LogP contribution in [0.3, 0.4) is 0 Å². The molecule has 1 aromatic carbocycles. The highest BCUT2D eigenvalue weighted by atomic mass is 32.2. The molecule has 0 aliphatic carbocycles. The van der Waals surface area contributed by atoms with Crippen molar-refractivity contribution in [2.24, 2.45) is 0 Å². The number of thioether (sulfide) groups is 1. The molecule has 0 saturated heterocycles. The van der Waals surface area contributed by atoms with Crippen LogP contribution in [0.25, 0.3) is 0 Å². The summed E-state index contributed by atoms with van der Waals surface area (Å²) in [6.45, 7) is 5.40. The maximum atomic E-state index is 8.56. The Morgan fingerprint density at radius 2 is 2.00 bits per heavy atom. The van der Waals surface area contributed by atoms with Crippen LogP contribution >= 0.6 is 11.8 Å². The fourth-order valence-electron chi connectivity index (χ4n) is 1.50. The third kappa shape index (κ3) is 7.01. The number of ether oxygens (including phenoxy) is 1. The normalized spacial score (nSPS) is 10.8. The summed E-state index contributed by atoms with van der Waals surface area (Å²) in [5.74, 6) is 0.924. The maximum absolute atomic E-state index is 8.56. The van der Waals surface area contributed by atoms with Crippen molar-refractivity contribution in [3.05, 3.63) is 29.8 Å². The van der Waals surface area contributed by atoms with Crippen molar-refractivity contribution in [2.75, 3.05) is 32.1 Å². The van der Waals surface area contributed by atoms with Crippen LogP contribution < -0.4 is 5.32 Å². The second-order valence-corrected chi connectivity index (χ2v) is 5.17. The Hall–Kier alpha value is -0.550. The van der Waals surface area contributed by atoms with Crippen molar-refractivity contribution in [1.29, 1.82) is 0 Å². The van der Waals surface area contributed by atoms with Gasteiger partial charge in [0.1, 0.15) is 0 Å². The van der Waals surface area contributed by atoms with Gasteiger partial charge in [-0.3, -0.25) is 0 Å². The molecule has 0 aliphatic rings. The minimum atomic E-state index is 0.101. The Balaban J connectivity index is 2.19. The maximum Gasteiger partial charge on any atom is 0.0698 e. The molecule has 0 heterocycles. The van der Waals surface area contributed by atoms with E-state index in [2.05, 4.69) is 36.5 Å². The van der Waals surface area contributed by atoms with Crippen LogP contribution in [-0.4, -0.2) is 37.2 Å². The van der Waals surface area contributed by atoms with E-state index in [0.29, 0.717) is 13.2 Å². The lowest BCUT2D eigenvalue weighted by molar-refractivity contribution is 0.103. The van der Waals surface area contributed by atoms with E-state index in [-0.39, 0.29) is 6.61 Å². The molecule has 18 heavy (non-hydrogen) atoms. The van der Waals surface area contributed by atoms with Crippen molar-refractivity contribution in [3.63, 3.8) is 0 Å². The third-order valence-electron chi connectivity index (χ3n) is 2.41. The molecule has 102 valence electrons. The van der Waals surface area contributed by atoms with E-state index in [1.807, 2.05) is 0 Å². The standard InChI is InChI=1S/C14H23NO2S/c1-2-7-15-12-13-3-5-14(6-4-13)18-11-10-17-9-8-16/h3-6,15-16H,2,7-12H2,1H3. The molecule has 1 rings (SSSR count). The lowest BCUT2D eigenvalue weighted by Crippen LogP contribution is -2.13. The van der Waals surface area contributed by atoms with Crippen molar-refractivity contribution in [1.82, 2.24) is 5.32 Å². The average molecular weight is 269 g/mol. The number of hydrogen-bond acceptors (Lipinski definition) is 4. The fraction of sp³-hybridized carbons (Fsp3) is 0.571. The summed E-state index contributed by atoms with van der Waals surface area (Å²) in [5, 5.41) is 12.0. The summed E-state index contributed by atoms with van der Waals surface area (Å²) in [5.41, 5.74) is 1.32. The summed E-state index contributed by atoms with van der Waals surface area (Å²) in [6, 6.07) is 8.64. The van der Waals surface area contributed by atoms with E-state index in [0.717, 1.165) is 18.8 Å². The Bertz CT molecular complexity index is 303. The number of hydrogen-bond donors (Lipinski definition) is 2. The minimum Gasteiger partial charge on any atom is -0.394 e. The molecule has 0 spiro atoms. The van der Waals surface area contributed by atoms with Gasteiger partial charge >= 0.3 is 0 Å². The van der Waals surface area contributed by atoms with Gasteiger partial charge in [-0.15, -0.1) is 11.8 Å². The van der Waals surface area contributed by atoms with Gasteiger partial charge in [0, 0.05) is 17.2 Å². The Morgan fingerprint density at radius 3 is 2.67 bits per heavy atom. The van der Waals surface area contributed by atoms with Crippen molar-refractivity contribution >= 4 is 11.8 Å². The zero-order chi connectivity index (χ0) is 13.1. The van der Waals surface area contributed by atoms with Crippen molar-refractivity contribution < 1.29 is 9.84 Å². The van der Waals surface area contributed by atoms with Crippen molar-refractivity contribution in [3.8, 4) is 0 Å². The van der Waals surface area contributed by atoms with Gasteiger partial charge in [0.2, 0.25) is 0 Å². The van der Waals surface area contributed by atoms with Gasteiger partial charge in [-0.2, -0.15) is 0 Å². The highest BCUT2D eigenvalue weighted by molar-refractivity contribution is 7.99. The van der Waals surface area contributed by atoms with Gasteiger partial charge in [0.15, 0.2) is 0 Å². The monoisotopic (exact) mass is 269 g/mol. The summed E-state index contributed by atoms with van der Waals surface area (Å²) in [4.78, 5) is 1.27. The Kier molecular flexibility index (Phi) is 8.94. The number of aliphatic hydroxyl groups is 1. The molecular formula is C14H23NO2S. The van der Waals surface area contributed by atoms with Gasteiger partial charge < -0.3 is 15.2 Å². The van der Waals surface area contributed by atoms with Crippen LogP contribution in [0.2, 0.25) is 0 Å². The number of nitrogens with one attached hydrogen (secondary N) is 1. The minimum absolute atomic E-state index is 0.101. The summed E-state index contributed by atoms with van der Waals surface area (Å²) in [7, 11) is 0. The van der Waals surface area contributed by atoms with E-state index in [9.17, 15) is 0 Å². The van der Waals surface area contributed by atoms with Crippen LogP contribution in [0.15, 0.2) is 29.2 Å². The van der Waals surface area contributed by atoms with E-state index in [4.69, 9.17) is 9.84 Å². The van der Waals surface area contributed by atoms with Crippen LogP contribution in [0, 0.1) is 0 Å². The second-order valence-electron chi connectivity index (χ2n) is 4.01. The van der Waals surface area contributed by atoms with Crippen LogP contribution in [0.1, 0.15) is 18.9 Å². The second kappa shape index (κ2) is 10.4. The topological polar surface area (TPSA) is 41.5 Å². The molecule has 3 nitrogen and oxygen atoms in total. The number of aliphatic hydroxyl groups excluding tert-OH is 1. The smallest absolute Gasteiger partial charge is 0.0698 e. The van der Waals surface area contributed by atoms with Gasteiger partial charge in [0.25, 0.3) is 0 Å². The van der Waals surface area contributed by atoms with Gasteiger partial charge in [-0.05, 0) is 30.7 Å². The average Bonchev–Trinajstić information content (AvgIpc) is 2.40. The van der Waals surface area contributed by atoms with Gasteiger partial charge in [-0.1, -0.05) is 19.1 Å². The Morgan fingerprint density at radius 1 is 1.22 bits per heavy atom. The Labute approximate surface area is 114 Å². The molecule has 0 saturated carbocycles. The molecule has 1 aromatic rings. The van der Waals surface area contributed by atoms with Gasteiger partial charge in [-0.25, -0.2) is 0 Å². The van der Waals surface area contributed by atoms with E-state index in [1.165, 1.54) is 16.9 Å². The lowest BCUT2D eigenvalue weighted by atomic mass is 10.2. The molecule has 0 amide bonds. The first kappa shape index (κ1) is 15.5. The first-order chi connectivity index (χ1) is 8.86. The molecule has 0 bridgehead atoms. The lowest BCUT2D eigenvalue weighted by Gasteiger charge is -2.05. The highest BCUT2D eigenvalue weighted by Crippen LogP contribution is 2.18. The molecule has 2 N–H and O–H groups in total.